The summed E-state index contributed by atoms with van der Waals surface area (Å²) >= 11 is 11.9. The average Bonchev–Trinajstić information content (AvgIpc) is 3.11. The third-order valence-electron chi connectivity index (χ3n) is 8.25. The van der Waals surface area contributed by atoms with Gasteiger partial charge in [0, 0.05) is 63.2 Å². The molecule has 8 heteroatoms. The molecule has 0 spiro atoms. The smallest absolute Gasteiger partial charge is 0.219 e. The summed E-state index contributed by atoms with van der Waals surface area (Å²) in [6.45, 7) is 12.6. The summed E-state index contributed by atoms with van der Waals surface area (Å²) in [4.78, 5) is 28.6. The molecule has 2 unspecified atom stereocenters. The van der Waals surface area contributed by atoms with Gasteiger partial charge in [-0.3, -0.25) is 14.5 Å². The summed E-state index contributed by atoms with van der Waals surface area (Å²) in [5.74, 6) is 0.358. The highest BCUT2D eigenvalue weighted by Gasteiger charge is 2.27. The number of halogens is 2. The fourth-order valence-electron chi connectivity index (χ4n) is 5.68. The van der Waals surface area contributed by atoms with Crippen LogP contribution in [0, 0.1) is 0 Å². The fraction of sp³-hybridized carbons (Fsp3) is 0.350. The van der Waals surface area contributed by atoms with Crippen molar-refractivity contribution >= 4 is 35.0 Å². The van der Waals surface area contributed by atoms with E-state index >= 15 is 0 Å². The molecule has 1 aliphatic rings. The van der Waals surface area contributed by atoms with Crippen LogP contribution >= 0.6 is 23.2 Å². The Kier molecular flexibility index (Phi) is 16.7. The van der Waals surface area contributed by atoms with Crippen LogP contribution in [0.4, 0.5) is 0 Å². The van der Waals surface area contributed by atoms with Crippen molar-refractivity contribution in [1.29, 1.82) is 0 Å². The number of carbonyl (C=O) groups excluding carboxylic acids is 2. The van der Waals surface area contributed by atoms with Gasteiger partial charge in [-0.1, -0.05) is 122 Å². The monoisotopic (exact) mass is 688 g/mol. The Bertz CT molecular complexity index is 1490. The second-order valence-electron chi connectivity index (χ2n) is 11.9. The van der Waals surface area contributed by atoms with Gasteiger partial charge in [-0.25, -0.2) is 0 Å². The molecule has 0 aliphatic carbocycles. The minimum atomic E-state index is -0.0801. The summed E-state index contributed by atoms with van der Waals surface area (Å²) in [6.07, 6.45) is 2.11. The van der Waals surface area contributed by atoms with E-state index < -0.39 is 0 Å². The lowest BCUT2D eigenvalue weighted by atomic mass is 9.96. The minimum absolute atomic E-state index is 0.0801. The SMILES string of the molecule is CC(=O)N1CCN(C(c2ccccc2)c2ccc(Cl)cc2)CC1.CCCN(CCC)C(C)=O.NC(c1ccccc1)c1ccc(Cl)cc1. The van der Waals surface area contributed by atoms with Crippen molar-refractivity contribution in [2.24, 2.45) is 5.73 Å². The second-order valence-corrected chi connectivity index (χ2v) is 12.7. The van der Waals surface area contributed by atoms with Crippen LogP contribution in [0.25, 0.3) is 0 Å². The summed E-state index contributed by atoms with van der Waals surface area (Å²) in [5.41, 5.74) is 10.8. The Labute approximate surface area is 297 Å². The molecule has 0 saturated carbocycles. The lowest BCUT2D eigenvalue weighted by Crippen LogP contribution is -2.49. The molecule has 6 nitrogen and oxygen atoms in total. The van der Waals surface area contributed by atoms with Gasteiger partial charge in [-0.15, -0.1) is 0 Å². The first-order valence-corrected chi connectivity index (χ1v) is 17.5. The number of nitrogens with two attached hydrogens (primary N) is 1. The van der Waals surface area contributed by atoms with E-state index in [1.807, 2.05) is 82.6 Å². The minimum Gasteiger partial charge on any atom is -0.343 e. The van der Waals surface area contributed by atoms with E-state index in [0.717, 1.165) is 73.3 Å². The number of piperazine rings is 1. The number of hydrogen-bond acceptors (Lipinski definition) is 4. The van der Waals surface area contributed by atoms with Crippen LogP contribution in [0.3, 0.4) is 0 Å². The topological polar surface area (TPSA) is 69.9 Å². The zero-order chi connectivity index (χ0) is 34.9. The molecule has 0 aromatic heterocycles. The van der Waals surface area contributed by atoms with Gasteiger partial charge in [0.15, 0.2) is 0 Å². The molecule has 1 aliphatic heterocycles. The lowest BCUT2D eigenvalue weighted by Gasteiger charge is -2.39. The molecule has 1 fully saturated rings. The van der Waals surface area contributed by atoms with Crippen molar-refractivity contribution in [1.82, 2.24) is 14.7 Å². The molecule has 4 aromatic rings. The van der Waals surface area contributed by atoms with Gasteiger partial charge in [0.1, 0.15) is 0 Å². The molecule has 0 bridgehead atoms. The zero-order valence-corrected chi connectivity index (χ0v) is 30.2. The highest BCUT2D eigenvalue weighted by molar-refractivity contribution is 6.30. The molecular weight excluding hydrogens is 639 g/mol. The summed E-state index contributed by atoms with van der Waals surface area (Å²) in [6, 6.07) is 36.4. The standard InChI is InChI=1S/C19H21ClN2O.C13H12ClN.C8H17NO/c1-15(23)21-11-13-22(14-12-21)19(16-5-3-2-4-6-16)17-7-9-18(20)10-8-17;14-12-8-6-11(7-9-12)13(15)10-4-2-1-3-5-10;1-4-6-9(7-5-2)8(3)10/h2-10,19H,11-14H2,1H3;1-9,13H,15H2;4-7H2,1-3H3. The fourth-order valence-corrected chi connectivity index (χ4v) is 5.93. The Balaban J connectivity index is 0.000000215. The Hall–Kier alpha value is -3.68. The average molecular weight is 690 g/mol. The number of amides is 2. The van der Waals surface area contributed by atoms with Crippen molar-refractivity contribution < 1.29 is 9.59 Å². The molecule has 0 radical (unpaired) electrons. The van der Waals surface area contributed by atoms with Gasteiger partial charge in [0.05, 0.1) is 12.1 Å². The summed E-state index contributed by atoms with van der Waals surface area (Å²) in [5, 5.41) is 1.49. The van der Waals surface area contributed by atoms with Gasteiger partial charge >= 0.3 is 0 Å². The maximum absolute atomic E-state index is 11.5. The number of nitrogens with zero attached hydrogens (tertiary/aromatic N) is 3. The van der Waals surface area contributed by atoms with Gasteiger partial charge < -0.3 is 15.5 Å². The van der Waals surface area contributed by atoms with Crippen molar-refractivity contribution in [2.45, 2.75) is 52.6 Å². The van der Waals surface area contributed by atoms with Gasteiger partial charge in [-0.2, -0.15) is 0 Å². The Morgan fingerprint density at radius 1 is 0.646 bits per heavy atom. The molecule has 2 atom stereocenters. The summed E-state index contributed by atoms with van der Waals surface area (Å²) < 4.78 is 0. The molecule has 1 saturated heterocycles. The molecule has 256 valence electrons. The normalized spacial score (nSPS) is 14.0. The molecule has 2 N–H and O–H groups in total. The molecular formula is C40H50Cl2N4O2. The Morgan fingerprint density at radius 3 is 1.46 bits per heavy atom. The van der Waals surface area contributed by atoms with E-state index in [9.17, 15) is 9.59 Å². The van der Waals surface area contributed by atoms with Crippen LogP contribution in [-0.4, -0.2) is 65.8 Å². The first kappa shape index (κ1) is 38.8. The highest BCUT2D eigenvalue weighted by atomic mass is 35.5. The third-order valence-corrected chi connectivity index (χ3v) is 8.75. The van der Waals surface area contributed by atoms with Crippen LogP contribution in [0.15, 0.2) is 109 Å². The van der Waals surface area contributed by atoms with E-state index in [-0.39, 0.29) is 23.9 Å². The second kappa shape index (κ2) is 20.6. The summed E-state index contributed by atoms with van der Waals surface area (Å²) in [7, 11) is 0. The Morgan fingerprint density at radius 2 is 1.04 bits per heavy atom. The van der Waals surface area contributed by atoms with Crippen molar-refractivity contribution in [2.75, 3.05) is 39.3 Å². The zero-order valence-electron chi connectivity index (χ0n) is 28.7. The van der Waals surface area contributed by atoms with Crippen molar-refractivity contribution in [3.05, 3.63) is 141 Å². The van der Waals surface area contributed by atoms with Gasteiger partial charge in [0.25, 0.3) is 0 Å². The van der Waals surface area contributed by atoms with E-state index in [2.05, 4.69) is 55.1 Å². The first-order valence-electron chi connectivity index (χ1n) is 16.8. The first-order chi connectivity index (χ1) is 23.1. The van der Waals surface area contributed by atoms with E-state index in [4.69, 9.17) is 28.9 Å². The number of carbonyl (C=O) groups is 2. The van der Waals surface area contributed by atoms with Crippen LogP contribution < -0.4 is 5.73 Å². The maximum atomic E-state index is 11.5. The molecule has 2 amide bonds. The quantitative estimate of drug-likeness (QED) is 0.191. The van der Waals surface area contributed by atoms with Crippen LogP contribution in [0.2, 0.25) is 10.0 Å². The predicted octanol–water partition coefficient (Wildman–Crippen LogP) is 8.64. The lowest BCUT2D eigenvalue weighted by molar-refractivity contribution is -0.131. The van der Waals surface area contributed by atoms with E-state index in [1.165, 1.54) is 11.1 Å². The number of rotatable bonds is 9. The van der Waals surface area contributed by atoms with Crippen LogP contribution in [-0.2, 0) is 9.59 Å². The number of benzene rings is 4. The molecule has 48 heavy (non-hydrogen) atoms. The highest BCUT2D eigenvalue weighted by Crippen LogP contribution is 2.30. The van der Waals surface area contributed by atoms with Gasteiger partial charge in [-0.05, 0) is 59.4 Å². The van der Waals surface area contributed by atoms with Crippen molar-refractivity contribution in [3.8, 4) is 0 Å². The van der Waals surface area contributed by atoms with Crippen LogP contribution in [0.5, 0.6) is 0 Å². The molecule has 4 aromatic carbocycles. The van der Waals surface area contributed by atoms with E-state index in [1.54, 1.807) is 13.8 Å². The molecule has 5 rings (SSSR count). The van der Waals surface area contributed by atoms with Crippen LogP contribution in [0.1, 0.15) is 74.9 Å². The largest absolute Gasteiger partial charge is 0.343 e. The third kappa shape index (κ3) is 12.4. The maximum Gasteiger partial charge on any atom is 0.219 e. The predicted molar refractivity (Wildman–Crippen MR) is 200 cm³/mol. The van der Waals surface area contributed by atoms with Crippen molar-refractivity contribution in [3.63, 3.8) is 0 Å². The number of hydrogen-bond donors (Lipinski definition) is 1. The van der Waals surface area contributed by atoms with Gasteiger partial charge in [0.2, 0.25) is 11.8 Å². The van der Waals surface area contributed by atoms with E-state index in [0.29, 0.717) is 0 Å². The molecule has 1 heterocycles.